The molecule has 3 rings (SSSR count). The average Bonchev–Trinajstić information content (AvgIpc) is 3.08. The molecule has 2 N–H and O–H groups in total. The number of hydrogen-bond donors (Lipinski definition) is 2. The second-order valence-electron chi connectivity index (χ2n) is 7.51. The number of aromatic nitrogens is 1. The summed E-state index contributed by atoms with van der Waals surface area (Å²) in [6.07, 6.45) is 0. The molecule has 0 aliphatic heterocycles. The average molecular weight is 464 g/mol. The maximum atomic E-state index is 13.1. The molecule has 31 heavy (non-hydrogen) atoms. The summed E-state index contributed by atoms with van der Waals surface area (Å²) in [4.78, 5) is 0.207. The smallest absolute Gasteiger partial charge is 0.263 e. The van der Waals surface area contributed by atoms with Crippen molar-refractivity contribution in [3.05, 3.63) is 63.9 Å². The first kappa shape index (κ1) is 22.8. The SMILES string of the molecule is Cc1cc(NS(=O)(=O)c2ccc(NS(=O)(=O)c3c(C)c(C)c(C)c(C)c3C)cc2)no1. The number of aryl methyl sites for hydroxylation is 1. The molecule has 0 fully saturated rings. The van der Waals surface area contributed by atoms with Crippen LogP contribution in [-0.2, 0) is 20.0 Å². The van der Waals surface area contributed by atoms with Gasteiger partial charge in [0, 0.05) is 11.8 Å². The van der Waals surface area contributed by atoms with Gasteiger partial charge in [0.05, 0.1) is 9.79 Å². The topological polar surface area (TPSA) is 118 Å². The Morgan fingerprint density at radius 3 is 1.71 bits per heavy atom. The van der Waals surface area contributed by atoms with E-state index in [0.717, 1.165) is 16.7 Å². The Balaban J connectivity index is 1.89. The van der Waals surface area contributed by atoms with E-state index in [0.29, 0.717) is 16.9 Å². The van der Waals surface area contributed by atoms with Crippen molar-refractivity contribution in [2.45, 2.75) is 51.3 Å². The monoisotopic (exact) mass is 463 g/mol. The molecule has 0 amide bonds. The fraction of sp³-hybridized carbons (Fsp3) is 0.286. The lowest BCUT2D eigenvalue weighted by Crippen LogP contribution is -2.18. The summed E-state index contributed by atoms with van der Waals surface area (Å²) in [5, 5.41) is 3.61. The summed E-state index contributed by atoms with van der Waals surface area (Å²) in [5.74, 6) is 0.535. The van der Waals surface area contributed by atoms with Gasteiger partial charge in [-0.05, 0) is 93.6 Å². The van der Waals surface area contributed by atoms with E-state index in [1.54, 1.807) is 20.8 Å². The summed E-state index contributed by atoms with van der Waals surface area (Å²) in [6, 6.07) is 6.89. The highest BCUT2D eigenvalue weighted by molar-refractivity contribution is 7.93. The highest BCUT2D eigenvalue weighted by Crippen LogP contribution is 2.31. The molecule has 0 unspecified atom stereocenters. The molecule has 166 valence electrons. The molecule has 1 aromatic heterocycles. The molecule has 1 heterocycles. The lowest BCUT2D eigenvalue weighted by atomic mass is 9.95. The summed E-state index contributed by atoms with van der Waals surface area (Å²) < 4.78 is 60.9. The van der Waals surface area contributed by atoms with Gasteiger partial charge in [-0.3, -0.25) is 9.44 Å². The number of nitrogens with zero attached hydrogens (tertiary/aromatic N) is 1. The number of hydrogen-bond acceptors (Lipinski definition) is 6. The number of rotatable bonds is 6. The van der Waals surface area contributed by atoms with E-state index in [4.69, 9.17) is 4.52 Å². The van der Waals surface area contributed by atoms with Crippen LogP contribution in [0.4, 0.5) is 11.5 Å². The third-order valence-corrected chi connectivity index (χ3v) is 8.51. The standard InChI is InChI=1S/C21H25N3O5S2/c1-12-11-20(22-29-12)24-30(25,26)19-9-7-18(8-10-19)23-31(27,28)21-16(5)14(3)13(2)15(4)17(21)6/h7-11,23H,1-6H3,(H,22,24). The van der Waals surface area contributed by atoms with E-state index < -0.39 is 20.0 Å². The number of nitrogens with one attached hydrogen (secondary N) is 2. The third-order valence-electron chi connectivity index (χ3n) is 5.48. The molecule has 10 heteroatoms. The molecular formula is C21H25N3O5S2. The van der Waals surface area contributed by atoms with E-state index in [-0.39, 0.29) is 21.3 Å². The van der Waals surface area contributed by atoms with Gasteiger partial charge in [-0.15, -0.1) is 0 Å². The molecule has 0 saturated heterocycles. The zero-order chi connectivity index (χ0) is 23.1. The van der Waals surface area contributed by atoms with E-state index in [1.807, 2.05) is 20.8 Å². The third kappa shape index (κ3) is 4.45. The van der Waals surface area contributed by atoms with Gasteiger partial charge in [-0.1, -0.05) is 5.16 Å². The van der Waals surface area contributed by atoms with E-state index in [1.165, 1.54) is 30.3 Å². The van der Waals surface area contributed by atoms with E-state index in [9.17, 15) is 16.8 Å². The van der Waals surface area contributed by atoms with Crippen LogP contribution < -0.4 is 9.44 Å². The highest BCUT2D eigenvalue weighted by atomic mass is 32.2. The molecule has 0 saturated carbocycles. The van der Waals surface area contributed by atoms with Gasteiger partial charge in [-0.2, -0.15) is 0 Å². The molecule has 0 aliphatic rings. The number of sulfonamides is 2. The summed E-state index contributed by atoms with van der Waals surface area (Å²) in [5.41, 5.74) is 4.57. The van der Waals surface area contributed by atoms with Crippen LogP contribution in [0.5, 0.6) is 0 Å². The van der Waals surface area contributed by atoms with Crippen LogP contribution in [-0.4, -0.2) is 22.0 Å². The fourth-order valence-corrected chi connectivity index (χ4v) is 6.03. The van der Waals surface area contributed by atoms with E-state index >= 15 is 0 Å². The first-order valence-electron chi connectivity index (χ1n) is 9.49. The van der Waals surface area contributed by atoms with Crippen molar-refractivity contribution in [2.24, 2.45) is 0 Å². The van der Waals surface area contributed by atoms with Crippen molar-refractivity contribution in [3.63, 3.8) is 0 Å². The Hall–Kier alpha value is -2.85. The zero-order valence-corrected chi connectivity index (χ0v) is 19.8. The van der Waals surface area contributed by atoms with Crippen molar-refractivity contribution in [1.82, 2.24) is 5.16 Å². The minimum absolute atomic E-state index is 0.0366. The fourth-order valence-electron chi connectivity index (χ4n) is 3.39. The Labute approximate surface area is 182 Å². The van der Waals surface area contributed by atoms with Gasteiger partial charge in [0.2, 0.25) is 0 Å². The summed E-state index contributed by atoms with van der Waals surface area (Å²) in [7, 11) is -7.76. The maximum Gasteiger partial charge on any atom is 0.263 e. The molecule has 0 atom stereocenters. The first-order valence-corrected chi connectivity index (χ1v) is 12.5. The quantitative estimate of drug-likeness (QED) is 0.567. The van der Waals surface area contributed by atoms with Crippen LogP contribution in [0.3, 0.4) is 0 Å². The normalized spacial score (nSPS) is 12.1. The van der Waals surface area contributed by atoms with E-state index in [2.05, 4.69) is 14.6 Å². The van der Waals surface area contributed by atoms with Crippen molar-refractivity contribution in [1.29, 1.82) is 0 Å². The predicted octanol–water partition coefficient (Wildman–Crippen LogP) is 4.13. The summed E-state index contributed by atoms with van der Waals surface area (Å²) in [6.45, 7) is 11.0. The first-order chi connectivity index (χ1) is 14.3. The van der Waals surface area contributed by atoms with Crippen LogP contribution in [0, 0.1) is 41.5 Å². The van der Waals surface area contributed by atoms with Crippen molar-refractivity contribution in [2.75, 3.05) is 9.44 Å². The van der Waals surface area contributed by atoms with Gasteiger partial charge >= 0.3 is 0 Å². The van der Waals surface area contributed by atoms with Crippen LogP contribution >= 0.6 is 0 Å². The maximum absolute atomic E-state index is 13.1. The molecule has 0 aliphatic carbocycles. The largest absolute Gasteiger partial charge is 0.360 e. The predicted molar refractivity (Wildman–Crippen MR) is 119 cm³/mol. The molecule has 3 aromatic rings. The Morgan fingerprint density at radius 1 is 0.710 bits per heavy atom. The highest BCUT2D eigenvalue weighted by Gasteiger charge is 2.24. The van der Waals surface area contributed by atoms with Crippen LogP contribution in [0.25, 0.3) is 0 Å². The van der Waals surface area contributed by atoms with Crippen molar-refractivity contribution < 1.29 is 21.4 Å². The van der Waals surface area contributed by atoms with Gasteiger partial charge in [0.15, 0.2) is 5.82 Å². The lowest BCUT2D eigenvalue weighted by molar-refractivity contribution is 0.400. The lowest BCUT2D eigenvalue weighted by Gasteiger charge is -2.19. The van der Waals surface area contributed by atoms with Gasteiger partial charge in [0.1, 0.15) is 5.76 Å². The minimum Gasteiger partial charge on any atom is -0.360 e. The molecule has 0 radical (unpaired) electrons. The van der Waals surface area contributed by atoms with Crippen LogP contribution in [0.2, 0.25) is 0 Å². The minimum atomic E-state index is -3.89. The molecule has 0 bridgehead atoms. The number of anilines is 2. The molecule has 2 aromatic carbocycles. The number of benzene rings is 2. The van der Waals surface area contributed by atoms with Crippen molar-refractivity contribution >= 4 is 31.6 Å². The Bertz CT molecular complexity index is 1330. The zero-order valence-electron chi connectivity index (χ0n) is 18.2. The van der Waals surface area contributed by atoms with Gasteiger partial charge in [-0.25, -0.2) is 16.8 Å². The van der Waals surface area contributed by atoms with Gasteiger partial charge < -0.3 is 4.52 Å². The second kappa shape index (κ2) is 8.01. The second-order valence-corrected chi connectivity index (χ2v) is 10.8. The van der Waals surface area contributed by atoms with Crippen LogP contribution in [0.1, 0.15) is 33.6 Å². The summed E-state index contributed by atoms with van der Waals surface area (Å²) >= 11 is 0. The Kier molecular flexibility index (Phi) is 5.90. The molecular weight excluding hydrogens is 438 g/mol. The Morgan fingerprint density at radius 2 is 1.23 bits per heavy atom. The van der Waals surface area contributed by atoms with Gasteiger partial charge in [0.25, 0.3) is 20.0 Å². The molecule has 0 spiro atoms. The van der Waals surface area contributed by atoms with Crippen LogP contribution in [0.15, 0.2) is 44.6 Å². The molecule has 8 nitrogen and oxygen atoms in total. The van der Waals surface area contributed by atoms with Crippen molar-refractivity contribution in [3.8, 4) is 0 Å².